The fraction of sp³-hybridized carbons (Fsp3) is 0.176. The van der Waals surface area contributed by atoms with Gasteiger partial charge in [0.05, 0.1) is 10.0 Å². The zero-order chi connectivity index (χ0) is 14.8. The van der Waals surface area contributed by atoms with Crippen LogP contribution in [0.1, 0.15) is 11.1 Å². The molecule has 1 heterocycles. The van der Waals surface area contributed by atoms with Crippen molar-refractivity contribution in [3.63, 3.8) is 0 Å². The van der Waals surface area contributed by atoms with Crippen LogP contribution in [0.15, 0.2) is 48.7 Å². The van der Waals surface area contributed by atoms with E-state index in [0.717, 1.165) is 18.7 Å². The summed E-state index contributed by atoms with van der Waals surface area (Å²) in [5.74, 6) is 0. The van der Waals surface area contributed by atoms with Gasteiger partial charge >= 0.3 is 0 Å². The Morgan fingerprint density at radius 3 is 2.52 bits per heavy atom. The van der Waals surface area contributed by atoms with E-state index in [1.807, 2.05) is 25.2 Å². The van der Waals surface area contributed by atoms with E-state index in [0.29, 0.717) is 10.0 Å². The summed E-state index contributed by atoms with van der Waals surface area (Å²) < 4.78 is 2.23. The second-order valence-electron chi connectivity index (χ2n) is 5.12. The van der Waals surface area contributed by atoms with Crippen LogP contribution < -0.4 is 5.32 Å². The van der Waals surface area contributed by atoms with Gasteiger partial charge in [0.2, 0.25) is 0 Å². The Morgan fingerprint density at radius 1 is 0.952 bits per heavy atom. The molecule has 0 saturated heterocycles. The van der Waals surface area contributed by atoms with Crippen molar-refractivity contribution in [3.8, 4) is 0 Å². The van der Waals surface area contributed by atoms with Crippen LogP contribution in [-0.2, 0) is 13.1 Å². The summed E-state index contributed by atoms with van der Waals surface area (Å²) in [5, 5.41) is 5.62. The molecule has 2 aromatic carbocycles. The Bertz CT molecular complexity index is 778. The smallest absolute Gasteiger partial charge is 0.0595 e. The number of nitrogens with one attached hydrogen (secondary N) is 1. The van der Waals surface area contributed by atoms with Crippen LogP contribution >= 0.6 is 23.2 Å². The minimum absolute atomic E-state index is 0.592. The molecule has 2 nitrogen and oxygen atoms in total. The Labute approximate surface area is 134 Å². The van der Waals surface area contributed by atoms with Gasteiger partial charge in [0.15, 0.2) is 0 Å². The third-order valence-electron chi connectivity index (χ3n) is 3.56. The van der Waals surface area contributed by atoms with Crippen molar-refractivity contribution < 1.29 is 0 Å². The first kappa shape index (κ1) is 14.5. The lowest BCUT2D eigenvalue weighted by Crippen LogP contribution is -2.05. The molecule has 1 aromatic heterocycles. The summed E-state index contributed by atoms with van der Waals surface area (Å²) in [6, 6.07) is 14.5. The Kier molecular flexibility index (Phi) is 4.20. The van der Waals surface area contributed by atoms with Crippen molar-refractivity contribution in [1.82, 2.24) is 9.88 Å². The maximum atomic E-state index is 6.09. The summed E-state index contributed by atoms with van der Waals surface area (Å²) in [4.78, 5) is 0. The number of fused-ring (bicyclic) bond motifs is 1. The maximum Gasteiger partial charge on any atom is 0.0595 e. The monoisotopic (exact) mass is 318 g/mol. The Morgan fingerprint density at radius 2 is 1.76 bits per heavy atom. The van der Waals surface area contributed by atoms with E-state index < -0.39 is 0 Å². The molecule has 4 heteroatoms. The molecule has 0 bridgehead atoms. The lowest BCUT2D eigenvalue weighted by Gasteiger charge is -2.08. The molecular formula is C17H16Cl2N2. The van der Waals surface area contributed by atoms with E-state index in [9.17, 15) is 0 Å². The van der Waals surface area contributed by atoms with Crippen LogP contribution in [0.2, 0.25) is 10.0 Å². The van der Waals surface area contributed by atoms with Crippen molar-refractivity contribution in [3.05, 3.63) is 69.8 Å². The SMILES string of the molecule is CNCc1ccc2ccn(Cc3ccc(Cl)c(Cl)c3)c2c1. The average molecular weight is 319 g/mol. The summed E-state index contributed by atoms with van der Waals surface area (Å²) in [7, 11) is 1.96. The molecule has 0 fully saturated rings. The molecule has 1 N–H and O–H groups in total. The molecule has 0 radical (unpaired) electrons. The van der Waals surface area contributed by atoms with Gasteiger partial charge in [-0.25, -0.2) is 0 Å². The summed E-state index contributed by atoms with van der Waals surface area (Å²) in [5.41, 5.74) is 3.65. The molecule has 0 aliphatic carbocycles. The van der Waals surface area contributed by atoms with E-state index in [4.69, 9.17) is 23.2 Å². The summed E-state index contributed by atoms with van der Waals surface area (Å²) in [6.07, 6.45) is 2.11. The average Bonchev–Trinajstić information content (AvgIpc) is 2.86. The Hall–Kier alpha value is -1.48. The first-order chi connectivity index (χ1) is 10.2. The van der Waals surface area contributed by atoms with Crippen molar-refractivity contribution in [2.45, 2.75) is 13.1 Å². The van der Waals surface area contributed by atoms with Crippen molar-refractivity contribution in [1.29, 1.82) is 0 Å². The number of hydrogen-bond donors (Lipinski definition) is 1. The Balaban J connectivity index is 1.95. The number of benzene rings is 2. The summed E-state index contributed by atoms with van der Waals surface area (Å²) in [6.45, 7) is 1.65. The molecule has 0 amide bonds. The predicted molar refractivity (Wildman–Crippen MR) is 90.3 cm³/mol. The van der Waals surface area contributed by atoms with Crippen LogP contribution in [0.3, 0.4) is 0 Å². The second kappa shape index (κ2) is 6.10. The predicted octanol–water partition coefficient (Wildman–Crippen LogP) is 4.72. The molecule has 0 atom stereocenters. The van der Waals surface area contributed by atoms with E-state index in [-0.39, 0.29) is 0 Å². The third-order valence-corrected chi connectivity index (χ3v) is 4.30. The molecule has 0 saturated carbocycles. The second-order valence-corrected chi connectivity index (χ2v) is 5.93. The highest BCUT2D eigenvalue weighted by atomic mass is 35.5. The van der Waals surface area contributed by atoms with Gasteiger partial charge in [-0.15, -0.1) is 0 Å². The minimum atomic E-state index is 0.592. The highest BCUT2D eigenvalue weighted by Gasteiger charge is 2.05. The minimum Gasteiger partial charge on any atom is -0.343 e. The van der Waals surface area contributed by atoms with Gasteiger partial charge in [0, 0.05) is 24.8 Å². The standard InChI is InChI=1S/C17H16Cl2N2/c1-20-10-12-2-4-14-6-7-21(17(14)9-12)11-13-3-5-15(18)16(19)8-13/h2-9,20H,10-11H2,1H3. The highest BCUT2D eigenvalue weighted by molar-refractivity contribution is 6.42. The van der Waals surface area contributed by atoms with E-state index in [1.165, 1.54) is 16.5 Å². The number of aromatic nitrogens is 1. The van der Waals surface area contributed by atoms with Crippen molar-refractivity contribution >= 4 is 34.1 Å². The van der Waals surface area contributed by atoms with E-state index >= 15 is 0 Å². The highest BCUT2D eigenvalue weighted by Crippen LogP contribution is 2.24. The first-order valence-corrected chi connectivity index (χ1v) is 7.59. The maximum absolute atomic E-state index is 6.09. The number of nitrogens with zero attached hydrogens (tertiary/aromatic N) is 1. The molecule has 108 valence electrons. The first-order valence-electron chi connectivity index (χ1n) is 6.83. The molecule has 3 aromatic rings. The topological polar surface area (TPSA) is 17.0 Å². The van der Waals surface area contributed by atoms with Gasteiger partial charge in [-0.05, 0) is 47.8 Å². The largest absolute Gasteiger partial charge is 0.343 e. The molecule has 21 heavy (non-hydrogen) atoms. The van der Waals surface area contributed by atoms with Crippen LogP contribution in [0, 0.1) is 0 Å². The normalized spacial score (nSPS) is 11.2. The van der Waals surface area contributed by atoms with Gasteiger partial charge < -0.3 is 9.88 Å². The molecular weight excluding hydrogens is 303 g/mol. The molecule has 0 unspecified atom stereocenters. The van der Waals surface area contributed by atoms with E-state index in [1.54, 1.807) is 0 Å². The lowest BCUT2D eigenvalue weighted by atomic mass is 10.1. The van der Waals surface area contributed by atoms with Crippen LogP contribution in [0.4, 0.5) is 0 Å². The van der Waals surface area contributed by atoms with Crippen LogP contribution in [0.25, 0.3) is 10.9 Å². The third kappa shape index (κ3) is 3.08. The molecule has 0 aliphatic heterocycles. The quantitative estimate of drug-likeness (QED) is 0.736. The van der Waals surface area contributed by atoms with Crippen LogP contribution in [-0.4, -0.2) is 11.6 Å². The van der Waals surface area contributed by atoms with Gasteiger partial charge in [0.25, 0.3) is 0 Å². The lowest BCUT2D eigenvalue weighted by molar-refractivity contribution is 0.812. The number of rotatable bonds is 4. The zero-order valence-electron chi connectivity index (χ0n) is 11.7. The van der Waals surface area contributed by atoms with Gasteiger partial charge in [0.1, 0.15) is 0 Å². The van der Waals surface area contributed by atoms with Crippen molar-refractivity contribution in [2.75, 3.05) is 7.05 Å². The van der Waals surface area contributed by atoms with E-state index in [2.05, 4.69) is 40.3 Å². The fourth-order valence-corrected chi connectivity index (χ4v) is 2.84. The number of hydrogen-bond acceptors (Lipinski definition) is 1. The molecule has 3 rings (SSSR count). The van der Waals surface area contributed by atoms with Gasteiger partial charge in [-0.2, -0.15) is 0 Å². The number of halogens is 2. The van der Waals surface area contributed by atoms with Gasteiger partial charge in [-0.1, -0.05) is 41.4 Å². The fourth-order valence-electron chi connectivity index (χ4n) is 2.52. The van der Waals surface area contributed by atoms with Crippen LogP contribution in [0.5, 0.6) is 0 Å². The molecule has 0 spiro atoms. The van der Waals surface area contributed by atoms with Crippen molar-refractivity contribution in [2.24, 2.45) is 0 Å². The molecule has 0 aliphatic rings. The zero-order valence-corrected chi connectivity index (χ0v) is 13.2. The van der Waals surface area contributed by atoms with Gasteiger partial charge in [-0.3, -0.25) is 0 Å². The summed E-state index contributed by atoms with van der Waals surface area (Å²) >= 11 is 12.1.